The van der Waals surface area contributed by atoms with Crippen LogP contribution in [-0.2, 0) is 4.79 Å². The molecule has 0 amide bonds. The Balaban J connectivity index is 1.81. The van der Waals surface area contributed by atoms with Crippen LogP contribution in [0, 0.1) is 0 Å². The van der Waals surface area contributed by atoms with E-state index < -0.39 is 11.6 Å². The van der Waals surface area contributed by atoms with Crippen LogP contribution < -0.4 is 14.2 Å². The second-order valence-electron chi connectivity index (χ2n) is 8.23. The number of methoxy groups -OCH3 is 1. The average Bonchev–Trinajstić information content (AvgIpc) is 2.76. The molecule has 1 aliphatic rings. The minimum atomic E-state index is -0.998. The number of benzene rings is 3. The fourth-order valence-corrected chi connectivity index (χ4v) is 4.46. The molecule has 1 heterocycles. The van der Waals surface area contributed by atoms with Crippen LogP contribution in [0.15, 0.2) is 72.8 Å². The summed E-state index contributed by atoms with van der Waals surface area (Å²) in [7, 11) is 1.65. The number of hydrogen-bond acceptors (Lipinski definition) is 4. The van der Waals surface area contributed by atoms with Gasteiger partial charge in [0.05, 0.1) is 7.11 Å². The van der Waals surface area contributed by atoms with E-state index in [4.69, 9.17) is 19.3 Å². The first-order valence-electron chi connectivity index (χ1n) is 10.3. The molecule has 0 unspecified atom stereocenters. The molecule has 4 rings (SSSR count). The fraction of sp³-hybridized carbons (Fsp3) is 0.269. The molecule has 1 aliphatic heterocycles. The van der Waals surface area contributed by atoms with E-state index in [-0.39, 0.29) is 18.4 Å². The van der Waals surface area contributed by atoms with Crippen LogP contribution in [0.3, 0.4) is 0 Å². The molecule has 5 heteroatoms. The van der Waals surface area contributed by atoms with E-state index in [2.05, 4.69) is 44.2 Å². The Morgan fingerprint density at radius 3 is 2.29 bits per heavy atom. The van der Waals surface area contributed by atoms with Crippen LogP contribution in [0.1, 0.15) is 42.4 Å². The van der Waals surface area contributed by atoms with Gasteiger partial charge in [0.2, 0.25) is 0 Å². The van der Waals surface area contributed by atoms with E-state index in [0.717, 1.165) is 22.6 Å². The van der Waals surface area contributed by atoms with Gasteiger partial charge in [-0.25, -0.2) is 4.79 Å². The minimum absolute atomic E-state index is 0.0422. The summed E-state index contributed by atoms with van der Waals surface area (Å²) in [6, 6.07) is 24.0. The summed E-state index contributed by atoms with van der Waals surface area (Å²) in [6.45, 7) is 3.87. The average molecular weight is 418 g/mol. The van der Waals surface area contributed by atoms with E-state index >= 15 is 0 Å². The summed E-state index contributed by atoms with van der Waals surface area (Å²) in [5.41, 5.74) is 2.93. The zero-order chi connectivity index (χ0) is 22.0. The lowest BCUT2D eigenvalue weighted by Gasteiger charge is -2.45. The third kappa shape index (κ3) is 4.22. The van der Waals surface area contributed by atoms with Crippen molar-refractivity contribution in [2.24, 2.45) is 0 Å². The summed E-state index contributed by atoms with van der Waals surface area (Å²) >= 11 is 0. The maximum atomic E-state index is 10.8. The van der Waals surface area contributed by atoms with Crippen molar-refractivity contribution in [2.45, 2.75) is 31.3 Å². The van der Waals surface area contributed by atoms with Gasteiger partial charge in [0.25, 0.3) is 0 Å². The Morgan fingerprint density at radius 2 is 1.65 bits per heavy atom. The van der Waals surface area contributed by atoms with Crippen molar-refractivity contribution in [3.8, 4) is 17.2 Å². The molecule has 5 nitrogen and oxygen atoms in total. The number of hydrogen-bond donors (Lipinski definition) is 1. The minimum Gasteiger partial charge on any atom is -0.497 e. The van der Waals surface area contributed by atoms with Gasteiger partial charge in [-0.05, 0) is 43.2 Å². The lowest BCUT2D eigenvalue weighted by molar-refractivity contribution is -0.139. The van der Waals surface area contributed by atoms with E-state index in [1.165, 1.54) is 5.56 Å². The van der Waals surface area contributed by atoms with E-state index in [1.807, 2.05) is 42.5 Å². The van der Waals surface area contributed by atoms with Gasteiger partial charge in [0.15, 0.2) is 6.61 Å². The van der Waals surface area contributed by atoms with Gasteiger partial charge < -0.3 is 19.3 Å². The first kappa shape index (κ1) is 20.8. The molecule has 0 aromatic heterocycles. The molecule has 0 spiro atoms. The highest BCUT2D eigenvalue weighted by Crippen LogP contribution is 2.53. The van der Waals surface area contributed by atoms with Crippen molar-refractivity contribution in [3.63, 3.8) is 0 Å². The molecule has 31 heavy (non-hydrogen) atoms. The summed E-state index contributed by atoms with van der Waals surface area (Å²) in [6.07, 6.45) is 0. The second kappa shape index (κ2) is 8.34. The molecule has 2 atom stereocenters. The lowest BCUT2D eigenvalue weighted by atomic mass is 9.68. The topological polar surface area (TPSA) is 65.0 Å². The SMILES string of the molecule is COc1ccc2c(c1)OC(C)(C)[C@H](c1ccccc1)[C@H]2c1ccc(OCC(=O)O)cc1. The molecule has 0 saturated carbocycles. The molecule has 0 bridgehead atoms. The normalized spacial score (nSPS) is 19.1. The quantitative estimate of drug-likeness (QED) is 0.593. The van der Waals surface area contributed by atoms with Crippen LogP contribution in [0.2, 0.25) is 0 Å². The molecule has 0 radical (unpaired) electrons. The maximum absolute atomic E-state index is 10.8. The van der Waals surface area contributed by atoms with E-state index in [0.29, 0.717) is 5.75 Å². The summed E-state index contributed by atoms with van der Waals surface area (Å²) in [4.78, 5) is 10.8. The van der Waals surface area contributed by atoms with Crippen molar-refractivity contribution in [2.75, 3.05) is 13.7 Å². The van der Waals surface area contributed by atoms with Crippen LogP contribution in [0.5, 0.6) is 17.2 Å². The van der Waals surface area contributed by atoms with Gasteiger partial charge in [-0.3, -0.25) is 0 Å². The third-order valence-electron chi connectivity index (χ3n) is 5.77. The molecule has 3 aromatic rings. The predicted molar refractivity (Wildman–Crippen MR) is 118 cm³/mol. The number of aliphatic carboxylic acids is 1. The van der Waals surface area contributed by atoms with Crippen molar-refractivity contribution in [1.82, 2.24) is 0 Å². The second-order valence-corrected chi connectivity index (χ2v) is 8.23. The molecule has 160 valence electrons. The number of ether oxygens (including phenoxy) is 3. The predicted octanol–water partition coefficient (Wildman–Crippen LogP) is 5.25. The van der Waals surface area contributed by atoms with Crippen molar-refractivity contribution in [1.29, 1.82) is 0 Å². The number of carbonyl (C=O) groups is 1. The van der Waals surface area contributed by atoms with E-state index in [1.54, 1.807) is 7.11 Å². The standard InChI is InChI=1S/C26H26O5/c1-26(2)25(18-7-5-4-6-8-18)24(21-14-13-20(29-3)15-22(21)31-26)17-9-11-19(12-10-17)30-16-23(27)28/h4-15,24-25H,16H2,1-3H3,(H,27,28)/t24-,25+/m0/s1. The highest BCUT2D eigenvalue weighted by molar-refractivity contribution is 5.68. The van der Waals surface area contributed by atoms with Gasteiger partial charge in [0.1, 0.15) is 22.8 Å². The summed E-state index contributed by atoms with van der Waals surface area (Å²) in [5, 5.41) is 8.85. The Bertz CT molecular complexity index is 1060. The van der Waals surface area contributed by atoms with Crippen LogP contribution in [0.25, 0.3) is 0 Å². The van der Waals surface area contributed by atoms with Gasteiger partial charge in [-0.15, -0.1) is 0 Å². The zero-order valence-corrected chi connectivity index (χ0v) is 17.9. The zero-order valence-electron chi connectivity index (χ0n) is 17.9. The molecular formula is C26H26O5. The van der Waals surface area contributed by atoms with Gasteiger partial charge in [-0.2, -0.15) is 0 Å². The van der Waals surface area contributed by atoms with Crippen LogP contribution in [-0.4, -0.2) is 30.4 Å². The van der Waals surface area contributed by atoms with Gasteiger partial charge in [-0.1, -0.05) is 48.5 Å². The Kier molecular flexibility index (Phi) is 5.59. The molecule has 1 N–H and O–H groups in total. The Hall–Kier alpha value is -3.47. The van der Waals surface area contributed by atoms with E-state index in [9.17, 15) is 4.79 Å². The Morgan fingerprint density at radius 1 is 0.968 bits per heavy atom. The van der Waals surface area contributed by atoms with Crippen LogP contribution >= 0.6 is 0 Å². The van der Waals surface area contributed by atoms with Crippen molar-refractivity contribution in [3.05, 3.63) is 89.5 Å². The Labute approximate surface area is 182 Å². The fourth-order valence-electron chi connectivity index (χ4n) is 4.46. The maximum Gasteiger partial charge on any atom is 0.341 e. The first-order chi connectivity index (χ1) is 14.9. The van der Waals surface area contributed by atoms with Gasteiger partial charge >= 0.3 is 5.97 Å². The molecular weight excluding hydrogens is 392 g/mol. The molecule has 0 fully saturated rings. The largest absolute Gasteiger partial charge is 0.497 e. The van der Waals surface area contributed by atoms with Crippen molar-refractivity contribution >= 4 is 5.97 Å². The molecule has 3 aromatic carbocycles. The first-order valence-corrected chi connectivity index (χ1v) is 10.3. The van der Waals surface area contributed by atoms with Crippen LogP contribution in [0.4, 0.5) is 0 Å². The molecule has 0 aliphatic carbocycles. The monoisotopic (exact) mass is 418 g/mol. The van der Waals surface area contributed by atoms with Crippen molar-refractivity contribution < 1.29 is 24.1 Å². The lowest BCUT2D eigenvalue weighted by Crippen LogP contribution is -2.43. The number of rotatable bonds is 6. The molecule has 0 saturated heterocycles. The smallest absolute Gasteiger partial charge is 0.341 e. The number of carboxylic acid groups (broad SMARTS) is 1. The van der Waals surface area contributed by atoms with Gasteiger partial charge in [0, 0.05) is 23.5 Å². The highest BCUT2D eigenvalue weighted by Gasteiger charge is 2.45. The highest BCUT2D eigenvalue weighted by atomic mass is 16.5. The summed E-state index contributed by atoms with van der Waals surface area (Å²) < 4.78 is 17.2. The third-order valence-corrected chi connectivity index (χ3v) is 5.77. The number of fused-ring (bicyclic) bond motifs is 1. The summed E-state index contributed by atoms with van der Waals surface area (Å²) in [5.74, 6) is 1.21. The number of carboxylic acids is 1.